The summed E-state index contributed by atoms with van der Waals surface area (Å²) in [5.74, 6) is 1.31. The van der Waals surface area contributed by atoms with E-state index in [-0.39, 0.29) is 18.2 Å². The first kappa shape index (κ1) is 20.7. The Labute approximate surface area is 172 Å². The van der Waals surface area contributed by atoms with Crippen LogP contribution in [0.2, 0.25) is 0 Å². The van der Waals surface area contributed by atoms with Crippen molar-refractivity contribution < 1.29 is 33.4 Å². The molecule has 1 heterocycles. The van der Waals surface area contributed by atoms with Crippen LogP contribution in [0.3, 0.4) is 0 Å². The number of phenolic OH excluding ortho intramolecular Hbond substituents is 1. The number of carbonyl (C=O) groups is 1. The fourth-order valence-corrected chi connectivity index (χ4v) is 2.55. The first-order valence-electron chi connectivity index (χ1n) is 8.81. The van der Waals surface area contributed by atoms with E-state index in [0.29, 0.717) is 34.2 Å². The maximum absolute atomic E-state index is 11.9. The number of nitrogens with zero attached hydrogens (tertiary/aromatic N) is 2. The van der Waals surface area contributed by atoms with Crippen molar-refractivity contribution in [2.75, 3.05) is 21.3 Å². The molecule has 0 saturated carbocycles. The van der Waals surface area contributed by atoms with Crippen LogP contribution in [0.5, 0.6) is 23.0 Å². The van der Waals surface area contributed by atoms with Crippen LogP contribution >= 0.6 is 0 Å². The topological polar surface area (TPSA) is 113 Å². The Bertz CT molecular complexity index is 1060. The molecule has 0 saturated heterocycles. The zero-order valence-corrected chi connectivity index (χ0v) is 16.6. The van der Waals surface area contributed by atoms with Crippen LogP contribution in [0, 0.1) is 0 Å². The summed E-state index contributed by atoms with van der Waals surface area (Å²) in [6.45, 7) is -0.187. The van der Waals surface area contributed by atoms with Crippen LogP contribution in [0.4, 0.5) is 0 Å². The van der Waals surface area contributed by atoms with Crippen molar-refractivity contribution in [1.29, 1.82) is 0 Å². The molecular formula is C21H20N2O7. The van der Waals surface area contributed by atoms with Gasteiger partial charge in [-0.25, -0.2) is 4.79 Å². The standard InChI is InChI=1S/C21H20N2O7/c1-26-14-6-7-15(17(11-14)27-2)21-22-19(30-23-21)12-29-20(25)9-5-13-4-8-16(24)18(10-13)28-3/h4-11,24H,12H2,1-3H3/b9-5+. The average molecular weight is 412 g/mol. The average Bonchev–Trinajstić information content (AvgIpc) is 3.25. The number of aromatic hydroxyl groups is 1. The number of hydrogen-bond acceptors (Lipinski definition) is 9. The van der Waals surface area contributed by atoms with E-state index in [2.05, 4.69) is 10.1 Å². The van der Waals surface area contributed by atoms with Gasteiger partial charge in [-0.05, 0) is 35.9 Å². The lowest BCUT2D eigenvalue weighted by Gasteiger charge is -2.07. The number of phenols is 1. The van der Waals surface area contributed by atoms with E-state index < -0.39 is 5.97 Å². The van der Waals surface area contributed by atoms with Crippen LogP contribution in [0.25, 0.3) is 17.5 Å². The molecule has 1 N–H and O–H groups in total. The normalized spacial score (nSPS) is 10.8. The minimum Gasteiger partial charge on any atom is -0.504 e. The van der Waals surface area contributed by atoms with Crippen molar-refractivity contribution in [3.63, 3.8) is 0 Å². The summed E-state index contributed by atoms with van der Waals surface area (Å²) in [4.78, 5) is 16.2. The smallest absolute Gasteiger partial charge is 0.331 e. The summed E-state index contributed by atoms with van der Waals surface area (Å²) in [6.07, 6.45) is 2.78. The molecule has 1 aromatic heterocycles. The third kappa shape index (κ3) is 4.88. The molecule has 0 amide bonds. The van der Waals surface area contributed by atoms with Crippen LogP contribution < -0.4 is 14.2 Å². The Morgan fingerprint density at radius 2 is 1.87 bits per heavy atom. The monoisotopic (exact) mass is 412 g/mol. The lowest BCUT2D eigenvalue weighted by molar-refractivity contribution is -0.139. The maximum atomic E-state index is 11.9. The van der Waals surface area contributed by atoms with Gasteiger partial charge in [0.1, 0.15) is 11.5 Å². The second kappa shape index (κ2) is 9.46. The highest BCUT2D eigenvalue weighted by molar-refractivity contribution is 5.87. The maximum Gasteiger partial charge on any atom is 0.331 e. The van der Waals surface area contributed by atoms with Crippen molar-refractivity contribution in [2.24, 2.45) is 0 Å². The number of ether oxygens (including phenoxy) is 4. The second-order valence-corrected chi connectivity index (χ2v) is 5.95. The molecule has 0 radical (unpaired) electrons. The van der Waals surface area contributed by atoms with E-state index in [4.69, 9.17) is 23.5 Å². The van der Waals surface area contributed by atoms with Gasteiger partial charge in [-0.2, -0.15) is 4.98 Å². The molecule has 156 valence electrons. The quantitative estimate of drug-likeness (QED) is 0.440. The number of methoxy groups -OCH3 is 3. The van der Waals surface area contributed by atoms with Crippen molar-refractivity contribution in [3.8, 4) is 34.4 Å². The number of rotatable bonds is 8. The van der Waals surface area contributed by atoms with Crippen LogP contribution in [0.1, 0.15) is 11.5 Å². The molecule has 2 aromatic carbocycles. The van der Waals surface area contributed by atoms with Crippen LogP contribution in [-0.4, -0.2) is 42.5 Å². The summed E-state index contributed by atoms with van der Waals surface area (Å²) in [6, 6.07) is 9.88. The molecule has 0 aliphatic heterocycles. The Hall–Kier alpha value is -4.01. The van der Waals surface area contributed by atoms with Gasteiger partial charge in [0.25, 0.3) is 5.89 Å². The molecule has 9 heteroatoms. The van der Waals surface area contributed by atoms with Crippen molar-refractivity contribution >= 4 is 12.0 Å². The second-order valence-electron chi connectivity index (χ2n) is 5.95. The van der Waals surface area contributed by atoms with E-state index in [0.717, 1.165) is 0 Å². The van der Waals surface area contributed by atoms with E-state index in [1.165, 1.54) is 32.4 Å². The minimum absolute atomic E-state index is 0.0120. The molecule has 9 nitrogen and oxygen atoms in total. The van der Waals surface area contributed by atoms with Gasteiger partial charge in [0.15, 0.2) is 18.1 Å². The lowest BCUT2D eigenvalue weighted by Crippen LogP contribution is -2.01. The molecular weight excluding hydrogens is 392 g/mol. The summed E-state index contributed by atoms with van der Waals surface area (Å²) >= 11 is 0. The molecule has 0 aliphatic carbocycles. The van der Waals surface area contributed by atoms with E-state index >= 15 is 0 Å². The molecule has 0 bridgehead atoms. The molecule has 0 spiro atoms. The number of aromatic nitrogens is 2. The third-order valence-electron chi connectivity index (χ3n) is 4.07. The molecule has 0 aliphatic rings. The van der Waals surface area contributed by atoms with Crippen LogP contribution in [0.15, 0.2) is 47.0 Å². The number of esters is 1. The van der Waals surface area contributed by atoms with Gasteiger partial charge < -0.3 is 28.6 Å². The van der Waals surface area contributed by atoms with E-state index in [9.17, 15) is 9.90 Å². The number of carbonyl (C=O) groups excluding carboxylic acids is 1. The Balaban J connectivity index is 1.62. The SMILES string of the molecule is COc1ccc(-c2noc(COC(=O)/C=C/c3ccc(O)c(OC)c3)n2)c(OC)c1. The van der Waals surface area contributed by atoms with E-state index in [1.807, 2.05) is 0 Å². The Morgan fingerprint density at radius 3 is 2.60 bits per heavy atom. The van der Waals surface area contributed by atoms with Crippen molar-refractivity contribution in [2.45, 2.75) is 6.61 Å². The first-order valence-corrected chi connectivity index (χ1v) is 8.81. The van der Waals surface area contributed by atoms with Gasteiger partial charge in [-0.15, -0.1) is 0 Å². The van der Waals surface area contributed by atoms with Crippen LogP contribution in [-0.2, 0) is 16.1 Å². The molecule has 0 unspecified atom stereocenters. The van der Waals surface area contributed by atoms with Gasteiger partial charge in [-0.3, -0.25) is 0 Å². The van der Waals surface area contributed by atoms with Crippen molar-refractivity contribution in [1.82, 2.24) is 10.1 Å². The number of hydrogen-bond donors (Lipinski definition) is 1. The van der Waals surface area contributed by atoms with Gasteiger partial charge in [0.05, 0.1) is 26.9 Å². The summed E-state index contributed by atoms with van der Waals surface area (Å²) in [5, 5.41) is 13.5. The third-order valence-corrected chi connectivity index (χ3v) is 4.07. The summed E-state index contributed by atoms with van der Waals surface area (Å²) < 4.78 is 25.8. The number of benzene rings is 2. The molecule has 0 atom stereocenters. The highest BCUT2D eigenvalue weighted by atomic mass is 16.6. The Kier molecular flexibility index (Phi) is 6.53. The van der Waals surface area contributed by atoms with Gasteiger partial charge >= 0.3 is 5.97 Å². The highest BCUT2D eigenvalue weighted by Crippen LogP contribution is 2.31. The minimum atomic E-state index is -0.594. The Morgan fingerprint density at radius 1 is 1.07 bits per heavy atom. The zero-order valence-electron chi connectivity index (χ0n) is 16.6. The molecule has 3 aromatic rings. The van der Waals surface area contributed by atoms with Gasteiger partial charge in [0.2, 0.25) is 5.82 Å². The first-order chi connectivity index (χ1) is 14.5. The molecule has 30 heavy (non-hydrogen) atoms. The molecule has 0 fully saturated rings. The fourth-order valence-electron chi connectivity index (χ4n) is 2.55. The van der Waals surface area contributed by atoms with E-state index in [1.54, 1.807) is 37.4 Å². The summed E-state index contributed by atoms with van der Waals surface area (Å²) in [7, 11) is 4.52. The molecule has 3 rings (SSSR count). The largest absolute Gasteiger partial charge is 0.504 e. The van der Waals surface area contributed by atoms with Crippen molar-refractivity contribution in [3.05, 3.63) is 53.9 Å². The predicted octanol–water partition coefficient (Wildman–Crippen LogP) is 3.22. The van der Waals surface area contributed by atoms with Gasteiger partial charge in [0, 0.05) is 12.1 Å². The lowest BCUT2D eigenvalue weighted by atomic mass is 10.2. The summed E-state index contributed by atoms with van der Waals surface area (Å²) in [5.41, 5.74) is 1.27. The fraction of sp³-hybridized carbons (Fsp3) is 0.190. The predicted molar refractivity (Wildman–Crippen MR) is 106 cm³/mol. The highest BCUT2D eigenvalue weighted by Gasteiger charge is 2.15. The zero-order chi connectivity index (χ0) is 21.5. The van der Waals surface area contributed by atoms with Gasteiger partial charge in [-0.1, -0.05) is 11.2 Å².